The van der Waals surface area contributed by atoms with Gasteiger partial charge < -0.3 is 10.4 Å². The Hall–Kier alpha value is -2.12. The minimum absolute atomic E-state index is 0.144. The molecule has 106 valence electrons. The van der Waals surface area contributed by atoms with E-state index >= 15 is 0 Å². The van der Waals surface area contributed by atoms with Gasteiger partial charge in [0, 0.05) is 25.5 Å². The molecule has 1 unspecified atom stereocenters. The van der Waals surface area contributed by atoms with Gasteiger partial charge in [0.25, 0.3) is 0 Å². The third-order valence-corrected chi connectivity index (χ3v) is 2.98. The highest BCUT2D eigenvalue weighted by Crippen LogP contribution is 2.22. The van der Waals surface area contributed by atoms with Gasteiger partial charge in [-0.05, 0) is 5.56 Å². The van der Waals surface area contributed by atoms with Crippen LogP contribution in [0.1, 0.15) is 12.0 Å². The molecule has 2 rings (SSSR count). The third-order valence-electron chi connectivity index (χ3n) is 2.98. The van der Waals surface area contributed by atoms with Crippen LogP contribution in [0.3, 0.4) is 0 Å². The molecule has 1 aromatic rings. The zero-order valence-electron chi connectivity index (χ0n) is 10.8. The number of aliphatic imine (C=N–C) groups is 2. The van der Waals surface area contributed by atoms with Crippen LogP contribution < -0.4 is 5.32 Å². The van der Waals surface area contributed by atoms with Gasteiger partial charge in [-0.1, -0.05) is 30.3 Å². The van der Waals surface area contributed by atoms with Crippen molar-refractivity contribution in [2.45, 2.75) is 24.9 Å². The Balaban J connectivity index is 1.81. The van der Waals surface area contributed by atoms with Gasteiger partial charge in [-0.15, -0.1) is 0 Å². The minimum Gasteiger partial charge on any atom is -0.391 e. The van der Waals surface area contributed by atoms with Crippen molar-refractivity contribution in [1.29, 1.82) is 0 Å². The molecule has 1 heterocycles. The summed E-state index contributed by atoms with van der Waals surface area (Å²) < 4.78 is 0. The second kappa shape index (κ2) is 6.36. The number of aliphatic hydroxyl groups excluding tert-OH is 1. The van der Waals surface area contributed by atoms with Crippen LogP contribution in [0.2, 0.25) is 0 Å². The first-order chi connectivity index (χ1) is 9.62. The lowest BCUT2D eigenvalue weighted by Gasteiger charge is -2.18. The number of rotatable bonds is 7. The topological polar surface area (TPSA) is 100 Å². The zero-order valence-corrected chi connectivity index (χ0v) is 10.8. The summed E-state index contributed by atoms with van der Waals surface area (Å²) in [7, 11) is 0. The average molecular weight is 276 g/mol. The van der Waals surface area contributed by atoms with E-state index in [-0.39, 0.29) is 13.0 Å². The molecule has 7 heteroatoms. The first kappa shape index (κ1) is 14.3. The molecule has 0 aromatic heterocycles. The van der Waals surface area contributed by atoms with Crippen LogP contribution in [0, 0.1) is 10.1 Å². The molecule has 0 saturated heterocycles. The van der Waals surface area contributed by atoms with E-state index in [1.54, 1.807) is 0 Å². The van der Waals surface area contributed by atoms with Crippen molar-refractivity contribution < 1.29 is 10.0 Å². The van der Waals surface area contributed by atoms with Crippen molar-refractivity contribution in [3.8, 4) is 0 Å². The molecule has 7 nitrogen and oxygen atoms in total. The van der Waals surface area contributed by atoms with Crippen LogP contribution >= 0.6 is 0 Å². The molecule has 1 aromatic carbocycles. The van der Waals surface area contributed by atoms with E-state index in [0.717, 1.165) is 5.56 Å². The molecule has 0 bridgehead atoms. The van der Waals surface area contributed by atoms with Crippen LogP contribution in [0.5, 0.6) is 0 Å². The third kappa shape index (κ3) is 3.46. The predicted molar refractivity (Wildman–Crippen MR) is 75.5 cm³/mol. The molecular formula is C13H16N4O3. The van der Waals surface area contributed by atoms with Crippen molar-refractivity contribution in [3.63, 3.8) is 0 Å². The van der Waals surface area contributed by atoms with E-state index in [4.69, 9.17) is 0 Å². The lowest BCUT2D eigenvalue weighted by Crippen LogP contribution is -2.39. The molecular weight excluding hydrogens is 260 g/mol. The molecule has 0 radical (unpaired) electrons. The summed E-state index contributed by atoms with van der Waals surface area (Å²) in [6.45, 7) is 0.839. The van der Waals surface area contributed by atoms with E-state index in [0.29, 0.717) is 6.54 Å². The summed E-state index contributed by atoms with van der Waals surface area (Å²) in [5, 5.41) is 23.9. The Morgan fingerprint density at radius 3 is 2.55 bits per heavy atom. The van der Waals surface area contributed by atoms with Crippen molar-refractivity contribution in [3.05, 3.63) is 46.0 Å². The van der Waals surface area contributed by atoms with E-state index in [2.05, 4.69) is 15.3 Å². The van der Waals surface area contributed by atoms with Crippen molar-refractivity contribution in [2.24, 2.45) is 9.98 Å². The standard InChI is InChI=1S/C13H16N4O3/c18-12(8-13(17(19)20)15-6-7-16-13)10-14-9-11-4-2-1-3-5-11/h1-7,12,14,18H,8-10H2. The Labute approximate surface area is 116 Å². The summed E-state index contributed by atoms with van der Waals surface area (Å²) >= 11 is 0. The zero-order chi connectivity index (χ0) is 14.4. The molecule has 1 atom stereocenters. The largest absolute Gasteiger partial charge is 0.414 e. The van der Waals surface area contributed by atoms with Crippen molar-refractivity contribution >= 4 is 12.4 Å². The van der Waals surface area contributed by atoms with Gasteiger partial charge in [-0.2, -0.15) is 9.98 Å². The van der Waals surface area contributed by atoms with Gasteiger partial charge in [0.05, 0.1) is 17.4 Å². The number of aliphatic hydroxyl groups is 1. The maximum atomic E-state index is 11.0. The van der Waals surface area contributed by atoms with Crippen LogP contribution in [0.15, 0.2) is 40.3 Å². The highest BCUT2D eigenvalue weighted by molar-refractivity contribution is 6.17. The lowest BCUT2D eigenvalue weighted by molar-refractivity contribution is -0.568. The van der Waals surface area contributed by atoms with E-state index in [1.807, 2.05) is 30.3 Å². The quantitative estimate of drug-likeness (QED) is 0.563. The molecule has 0 saturated carbocycles. The van der Waals surface area contributed by atoms with E-state index < -0.39 is 16.8 Å². The number of hydrogen-bond donors (Lipinski definition) is 2. The highest BCUT2D eigenvalue weighted by atomic mass is 16.6. The summed E-state index contributed by atoms with van der Waals surface area (Å²) in [4.78, 5) is 17.9. The average Bonchev–Trinajstić information content (AvgIpc) is 2.90. The second-order valence-electron chi connectivity index (χ2n) is 4.56. The number of nitro groups is 1. The highest BCUT2D eigenvalue weighted by Gasteiger charge is 2.45. The van der Waals surface area contributed by atoms with E-state index in [1.165, 1.54) is 12.4 Å². The SMILES string of the molecule is O=[N+]([O-])C1(CC(O)CNCc2ccccc2)N=CC=N1. The van der Waals surface area contributed by atoms with Gasteiger partial charge in [-0.3, -0.25) is 10.1 Å². The molecule has 0 spiro atoms. The molecule has 0 aliphatic carbocycles. The summed E-state index contributed by atoms with van der Waals surface area (Å²) in [5.41, 5.74) is 1.08. The fraction of sp³-hybridized carbons (Fsp3) is 0.385. The molecule has 1 aliphatic rings. The fourth-order valence-corrected chi connectivity index (χ4v) is 1.98. The number of nitrogens with zero attached hydrogens (tertiary/aromatic N) is 3. The fourth-order valence-electron chi connectivity index (χ4n) is 1.98. The summed E-state index contributed by atoms with van der Waals surface area (Å²) in [6.07, 6.45) is 1.53. The van der Waals surface area contributed by atoms with Crippen LogP contribution in [0.4, 0.5) is 0 Å². The first-order valence-corrected chi connectivity index (χ1v) is 6.29. The summed E-state index contributed by atoms with van der Waals surface area (Å²) in [5.74, 6) is -1.76. The van der Waals surface area contributed by atoms with Gasteiger partial charge in [0.2, 0.25) is 0 Å². The Bertz CT molecular complexity index is 504. The molecule has 1 aliphatic heterocycles. The number of hydrogen-bond acceptors (Lipinski definition) is 6. The van der Waals surface area contributed by atoms with Gasteiger partial charge in [-0.25, -0.2) is 0 Å². The Kier molecular flexibility index (Phi) is 4.54. The number of benzene rings is 1. The summed E-state index contributed by atoms with van der Waals surface area (Å²) in [6, 6.07) is 9.70. The lowest BCUT2D eigenvalue weighted by atomic mass is 10.1. The normalized spacial score (nSPS) is 17.2. The van der Waals surface area contributed by atoms with Crippen LogP contribution in [-0.4, -0.2) is 40.9 Å². The van der Waals surface area contributed by atoms with Crippen molar-refractivity contribution in [2.75, 3.05) is 6.54 Å². The Morgan fingerprint density at radius 1 is 1.30 bits per heavy atom. The van der Waals surface area contributed by atoms with E-state index in [9.17, 15) is 15.2 Å². The molecule has 20 heavy (non-hydrogen) atoms. The maximum Gasteiger partial charge on any atom is 0.414 e. The second-order valence-corrected chi connectivity index (χ2v) is 4.56. The van der Waals surface area contributed by atoms with Gasteiger partial charge in [0.1, 0.15) is 0 Å². The predicted octanol–water partition coefficient (Wildman–Crippen LogP) is 0.613. The molecule has 2 N–H and O–H groups in total. The molecule has 0 amide bonds. The van der Waals surface area contributed by atoms with Crippen molar-refractivity contribution in [1.82, 2.24) is 5.32 Å². The smallest absolute Gasteiger partial charge is 0.391 e. The van der Waals surface area contributed by atoms with Gasteiger partial charge >= 0.3 is 5.79 Å². The molecule has 0 fully saturated rings. The first-order valence-electron chi connectivity index (χ1n) is 6.29. The van der Waals surface area contributed by atoms with Gasteiger partial charge in [0.15, 0.2) is 0 Å². The maximum absolute atomic E-state index is 11.0. The van der Waals surface area contributed by atoms with Crippen LogP contribution in [-0.2, 0) is 6.54 Å². The number of nitrogens with one attached hydrogen (secondary N) is 1. The van der Waals surface area contributed by atoms with Crippen LogP contribution in [0.25, 0.3) is 0 Å². The minimum atomic E-state index is -1.76. The Morgan fingerprint density at radius 2 is 1.95 bits per heavy atom. The monoisotopic (exact) mass is 276 g/mol.